The molecule has 23 heavy (non-hydrogen) atoms. The van der Waals surface area contributed by atoms with Gasteiger partial charge in [-0.1, -0.05) is 12.1 Å². The molecule has 1 aromatic rings. The molecule has 0 saturated carbocycles. The molecule has 1 fully saturated rings. The second-order valence-corrected chi connectivity index (χ2v) is 7.62. The van der Waals surface area contributed by atoms with Gasteiger partial charge in [-0.05, 0) is 71.6 Å². The van der Waals surface area contributed by atoms with E-state index >= 15 is 0 Å². The van der Waals surface area contributed by atoms with Crippen molar-refractivity contribution in [2.45, 2.75) is 71.6 Å². The number of hydrogen-bond donors (Lipinski definition) is 1. The van der Waals surface area contributed by atoms with Gasteiger partial charge >= 0.3 is 6.09 Å². The summed E-state index contributed by atoms with van der Waals surface area (Å²) in [5, 5.41) is 3.54. The minimum atomic E-state index is -0.435. The Hall–Kier alpha value is -1.71. The van der Waals surface area contributed by atoms with Crippen LogP contribution in [0.2, 0.25) is 0 Å². The maximum absolute atomic E-state index is 12.3. The summed E-state index contributed by atoms with van der Waals surface area (Å²) >= 11 is 0. The standard InChI is InChI=1S/C19H30N2O2/c1-14-8-6-9-16(12-14)20-15(2)13-17-10-7-11-21(17)18(22)23-19(3,4)5/h6,8-9,12,15,17,20H,7,10-11,13H2,1-5H3. The van der Waals surface area contributed by atoms with E-state index in [1.807, 2.05) is 25.7 Å². The van der Waals surface area contributed by atoms with E-state index in [9.17, 15) is 4.79 Å². The molecule has 1 heterocycles. The van der Waals surface area contributed by atoms with Gasteiger partial charge in [0, 0.05) is 24.3 Å². The lowest BCUT2D eigenvalue weighted by molar-refractivity contribution is 0.0218. The van der Waals surface area contributed by atoms with E-state index in [0.29, 0.717) is 6.04 Å². The molecule has 0 aromatic heterocycles. The lowest BCUT2D eigenvalue weighted by Crippen LogP contribution is -2.41. The summed E-state index contributed by atoms with van der Waals surface area (Å²) in [6.45, 7) is 10.8. The molecule has 2 atom stereocenters. The van der Waals surface area contributed by atoms with Gasteiger partial charge in [0.05, 0.1) is 0 Å². The van der Waals surface area contributed by atoms with Crippen LogP contribution >= 0.6 is 0 Å². The van der Waals surface area contributed by atoms with Gasteiger partial charge in [0.1, 0.15) is 5.60 Å². The first-order chi connectivity index (χ1) is 10.7. The number of hydrogen-bond acceptors (Lipinski definition) is 3. The third-order valence-electron chi connectivity index (χ3n) is 4.06. The first-order valence-corrected chi connectivity index (χ1v) is 8.57. The van der Waals surface area contributed by atoms with Crippen LogP contribution in [0.3, 0.4) is 0 Å². The van der Waals surface area contributed by atoms with E-state index in [0.717, 1.165) is 31.5 Å². The van der Waals surface area contributed by atoms with Gasteiger partial charge in [-0.25, -0.2) is 4.79 Å². The van der Waals surface area contributed by atoms with Crippen molar-refractivity contribution in [2.24, 2.45) is 0 Å². The van der Waals surface area contributed by atoms with Gasteiger partial charge in [-0.2, -0.15) is 0 Å². The molecule has 2 rings (SSSR count). The van der Waals surface area contributed by atoms with Gasteiger partial charge in [-0.15, -0.1) is 0 Å². The molecule has 0 aliphatic carbocycles. The van der Waals surface area contributed by atoms with Crippen molar-refractivity contribution in [3.63, 3.8) is 0 Å². The summed E-state index contributed by atoms with van der Waals surface area (Å²) in [7, 11) is 0. The Morgan fingerprint density at radius 2 is 2.17 bits per heavy atom. The number of benzene rings is 1. The van der Waals surface area contributed by atoms with Crippen molar-refractivity contribution in [1.29, 1.82) is 0 Å². The second kappa shape index (κ2) is 7.24. The number of amides is 1. The van der Waals surface area contributed by atoms with E-state index in [2.05, 4.69) is 43.4 Å². The van der Waals surface area contributed by atoms with E-state index in [1.165, 1.54) is 5.56 Å². The molecular weight excluding hydrogens is 288 g/mol. The number of carbonyl (C=O) groups excluding carboxylic acids is 1. The van der Waals surface area contributed by atoms with Crippen LogP contribution in [-0.4, -0.2) is 35.2 Å². The van der Waals surface area contributed by atoms with Crippen molar-refractivity contribution in [2.75, 3.05) is 11.9 Å². The molecule has 1 aliphatic heterocycles. The highest BCUT2D eigenvalue weighted by Gasteiger charge is 2.32. The zero-order chi connectivity index (χ0) is 17.0. The van der Waals surface area contributed by atoms with Gasteiger partial charge in [0.2, 0.25) is 0 Å². The molecule has 4 nitrogen and oxygen atoms in total. The van der Waals surface area contributed by atoms with Gasteiger partial charge in [0.25, 0.3) is 0 Å². The Bertz CT molecular complexity index is 536. The van der Waals surface area contributed by atoms with E-state index in [-0.39, 0.29) is 12.1 Å². The predicted octanol–water partition coefficient (Wildman–Crippen LogP) is 4.59. The fourth-order valence-corrected chi connectivity index (χ4v) is 3.13. The highest BCUT2D eigenvalue weighted by Crippen LogP contribution is 2.25. The molecule has 1 amide bonds. The van der Waals surface area contributed by atoms with Crippen LogP contribution in [0.25, 0.3) is 0 Å². The van der Waals surface area contributed by atoms with Crippen molar-refractivity contribution in [1.82, 2.24) is 4.90 Å². The predicted molar refractivity (Wildman–Crippen MR) is 94.8 cm³/mol. The molecular formula is C19H30N2O2. The third kappa shape index (κ3) is 5.45. The number of anilines is 1. The fraction of sp³-hybridized carbons (Fsp3) is 0.632. The van der Waals surface area contributed by atoms with Crippen LogP contribution < -0.4 is 5.32 Å². The highest BCUT2D eigenvalue weighted by molar-refractivity contribution is 5.69. The molecule has 1 aliphatic rings. The van der Waals surface area contributed by atoms with Crippen LogP contribution in [0.1, 0.15) is 52.5 Å². The Labute approximate surface area is 140 Å². The number of carbonyl (C=O) groups is 1. The van der Waals surface area contributed by atoms with Gasteiger partial charge in [-0.3, -0.25) is 0 Å². The van der Waals surface area contributed by atoms with Crippen molar-refractivity contribution < 1.29 is 9.53 Å². The molecule has 1 N–H and O–H groups in total. The van der Waals surface area contributed by atoms with Crippen LogP contribution in [-0.2, 0) is 4.74 Å². The zero-order valence-electron chi connectivity index (χ0n) is 15.1. The molecule has 1 aromatic carbocycles. The van der Waals surface area contributed by atoms with Crippen molar-refractivity contribution in [3.8, 4) is 0 Å². The smallest absolute Gasteiger partial charge is 0.410 e. The zero-order valence-corrected chi connectivity index (χ0v) is 15.1. The fourth-order valence-electron chi connectivity index (χ4n) is 3.13. The molecule has 0 bridgehead atoms. The lowest BCUT2D eigenvalue weighted by atomic mass is 10.1. The maximum Gasteiger partial charge on any atom is 0.410 e. The van der Waals surface area contributed by atoms with E-state index < -0.39 is 5.60 Å². The number of nitrogens with zero attached hydrogens (tertiary/aromatic N) is 1. The average Bonchev–Trinajstić information content (AvgIpc) is 2.84. The lowest BCUT2D eigenvalue weighted by Gasteiger charge is -2.30. The maximum atomic E-state index is 12.3. The molecule has 2 unspecified atom stereocenters. The molecule has 1 saturated heterocycles. The van der Waals surface area contributed by atoms with Crippen LogP contribution in [0.5, 0.6) is 0 Å². The Morgan fingerprint density at radius 1 is 1.43 bits per heavy atom. The molecule has 0 radical (unpaired) electrons. The molecule has 128 valence electrons. The minimum Gasteiger partial charge on any atom is -0.444 e. The summed E-state index contributed by atoms with van der Waals surface area (Å²) in [5.74, 6) is 0. The van der Waals surface area contributed by atoms with E-state index in [1.54, 1.807) is 0 Å². The van der Waals surface area contributed by atoms with Crippen LogP contribution in [0.15, 0.2) is 24.3 Å². The number of rotatable bonds is 4. The minimum absolute atomic E-state index is 0.178. The Kier molecular flexibility index (Phi) is 5.55. The van der Waals surface area contributed by atoms with Crippen molar-refractivity contribution in [3.05, 3.63) is 29.8 Å². The van der Waals surface area contributed by atoms with Crippen LogP contribution in [0, 0.1) is 6.92 Å². The topological polar surface area (TPSA) is 41.6 Å². The average molecular weight is 318 g/mol. The second-order valence-electron chi connectivity index (χ2n) is 7.62. The number of ether oxygens (including phenoxy) is 1. The monoisotopic (exact) mass is 318 g/mol. The summed E-state index contributed by atoms with van der Waals surface area (Å²) in [5.41, 5.74) is 1.95. The molecule has 4 heteroatoms. The van der Waals surface area contributed by atoms with Crippen LogP contribution in [0.4, 0.5) is 10.5 Å². The summed E-state index contributed by atoms with van der Waals surface area (Å²) in [4.78, 5) is 14.2. The largest absolute Gasteiger partial charge is 0.444 e. The first kappa shape index (κ1) is 17.6. The number of nitrogens with one attached hydrogen (secondary N) is 1. The SMILES string of the molecule is Cc1cccc(NC(C)CC2CCCN2C(=O)OC(C)(C)C)c1. The van der Waals surface area contributed by atoms with Gasteiger partial charge < -0.3 is 15.0 Å². The summed E-state index contributed by atoms with van der Waals surface area (Å²) < 4.78 is 5.53. The summed E-state index contributed by atoms with van der Waals surface area (Å²) in [6, 6.07) is 8.96. The Morgan fingerprint density at radius 3 is 2.83 bits per heavy atom. The summed E-state index contributed by atoms with van der Waals surface area (Å²) in [6.07, 6.45) is 2.87. The quantitative estimate of drug-likeness (QED) is 0.883. The van der Waals surface area contributed by atoms with Gasteiger partial charge in [0.15, 0.2) is 0 Å². The first-order valence-electron chi connectivity index (χ1n) is 8.57. The highest BCUT2D eigenvalue weighted by atomic mass is 16.6. The normalized spacial score (nSPS) is 19.5. The van der Waals surface area contributed by atoms with E-state index in [4.69, 9.17) is 4.74 Å². The number of aryl methyl sites for hydroxylation is 1. The van der Waals surface area contributed by atoms with Crippen molar-refractivity contribution >= 4 is 11.8 Å². The Balaban J connectivity index is 1.91. The number of likely N-dealkylation sites (tertiary alicyclic amines) is 1. The molecule has 0 spiro atoms. The third-order valence-corrected chi connectivity index (χ3v) is 4.06.